The van der Waals surface area contributed by atoms with Crippen LogP contribution in [0.15, 0.2) is 47.9 Å². The first-order chi connectivity index (χ1) is 15.5. The lowest BCUT2D eigenvalue weighted by atomic mass is 9.90. The third-order valence-corrected chi connectivity index (χ3v) is 6.68. The van der Waals surface area contributed by atoms with Crippen LogP contribution in [0.25, 0.3) is 6.08 Å². The molecule has 0 radical (unpaired) electrons. The molecule has 32 heavy (non-hydrogen) atoms. The number of thiophene rings is 1. The molecule has 1 aromatic heterocycles. The molecule has 0 unspecified atom stereocenters. The molecule has 1 aromatic carbocycles. The summed E-state index contributed by atoms with van der Waals surface area (Å²) in [7, 11) is 0. The van der Waals surface area contributed by atoms with Gasteiger partial charge in [0, 0.05) is 29.5 Å². The quantitative estimate of drug-likeness (QED) is 0.615. The average Bonchev–Trinajstić information content (AvgIpc) is 3.21. The minimum Gasteiger partial charge on any atom is -0.493 e. The second kappa shape index (κ2) is 10.3. The van der Waals surface area contributed by atoms with Crippen LogP contribution in [0, 0.1) is 5.41 Å². The van der Waals surface area contributed by atoms with Crippen molar-refractivity contribution in [2.75, 3.05) is 26.4 Å². The molecule has 2 amide bonds. The van der Waals surface area contributed by atoms with Crippen LogP contribution in [0.5, 0.6) is 5.75 Å². The summed E-state index contributed by atoms with van der Waals surface area (Å²) in [6.07, 6.45) is 5.89. The van der Waals surface area contributed by atoms with Gasteiger partial charge >= 0.3 is 0 Å². The summed E-state index contributed by atoms with van der Waals surface area (Å²) in [6, 6.07) is 11.2. The van der Waals surface area contributed by atoms with Crippen molar-refractivity contribution in [2.24, 2.45) is 5.41 Å². The van der Waals surface area contributed by atoms with Gasteiger partial charge in [0.15, 0.2) is 0 Å². The molecular weight excluding hydrogens is 424 g/mol. The maximum Gasteiger partial charge on any atom is 0.247 e. The van der Waals surface area contributed by atoms with Crippen molar-refractivity contribution >= 4 is 29.2 Å². The SMILES string of the molecule is CC1(COc2cccc(CN(C(=O)/C=C/c3cccs3)[C@H]3CCCCNC3=O)c2)COC1. The highest BCUT2D eigenvalue weighted by Gasteiger charge is 2.34. The van der Waals surface area contributed by atoms with Gasteiger partial charge in [0.25, 0.3) is 0 Å². The third kappa shape index (κ3) is 5.78. The largest absolute Gasteiger partial charge is 0.493 e. The van der Waals surface area contributed by atoms with E-state index in [2.05, 4.69) is 12.2 Å². The van der Waals surface area contributed by atoms with Crippen molar-refractivity contribution in [3.63, 3.8) is 0 Å². The van der Waals surface area contributed by atoms with Gasteiger partial charge in [0.05, 0.1) is 19.8 Å². The third-order valence-electron chi connectivity index (χ3n) is 5.84. The zero-order valence-electron chi connectivity index (χ0n) is 18.4. The van der Waals surface area contributed by atoms with E-state index in [0.717, 1.165) is 29.0 Å². The molecule has 0 aliphatic carbocycles. The first-order valence-corrected chi connectivity index (χ1v) is 12.0. The summed E-state index contributed by atoms with van der Waals surface area (Å²) < 4.78 is 11.3. The summed E-state index contributed by atoms with van der Waals surface area (Å²) >= 11 is 1.57. The standard InChI is InChI=1S/C25H30N2O4S/c1-25(16-30-17-25)18-31-20-7-4-6-19(14-20)15-27(22-9-2-3-12-26-24(22)29)23(28)11-10-21-8-5-13-32-21/h4-8,10-11,13-14,22H,2-3,9,12,15-18H2,1H3,(H,26,29)/b11-10+/t22-/m0/s1. The number of amides is 2. The van der Waals surface area contributed by atoms with Crippen molar-refractivity contribution in [1.29, 1.82) is 0 Å². The predicted molar refractivity (Wildman–Crippen MR) is 125 cm³/mol. The van der Waals surface area contributed by atoms with Gasteiger partial charge in [-0.3, -0.25) is 9.59 Å². The van der Waals surface area contributed by atoms with Crippen LogP contribution in [0.1, 0.15) is 36.6 Å². The zero-order valence-corrected chi connectivity index (χ0v) is 19.2. The first kappa shape index (κ1) is 22.6. The molecule has 2 aromatic rings. The summed E-state index contributed by atoms with van der Waals surface area (Å²) in [4.78, 5) is 28.6. The van der Waals surface area contributed by atoms with Gasteiger partial charge < -0.3 is 19.7 Å². The van der Waals surface area contributed by atoms with Gasteiger partial charge in [-0.05, 0) is 54.5 Å². The van der Waals surface area contributed by atoms with Crippen LogP contribution in [-0.2, 0) is 20.9 Å². The first-order valence-electron chi connectivity index (χ1n) is 11.1. The molecular formula is C25H30N2O4S. The van der Waals surface area contributed by atoms with E-state index >= 15 is 0 Å². The maximum atomic E-state index is 13.2. The summed E-state index contributed by atoms with van der Waals surface area (Å²) in [5.74, 6) is 0.527. The zero-order chi connectivity index (χ0) is 22.4. The fourth-order valence-corrected chi connectivity index (χ4v) is 4.54. The molecule has 2 fully saturated rings. The van der Waals surface area contributed by atoms with E-state index in [9.17, 15) is 9.59 Å². The predicted octanol–water partition coefficient (Wildman–Crippen LogP) is 3.87. The lowest BCUT2D eigenvalue weighted by molar-refractivity contribution is -0.137. The number of hydrogen-bond donors (Lipinski definition) is 1. The Hall–Kier alpha value is -2.64. The Bertz CT molecular complexity index is 953. The van der Waals surface area contributed by atoms with Crippen molar-refractivity contribution < 1.29 is 19.1 Å². The Kier molecular flexibility index (Phi) is 7.27. The number of rotatable bonds is 8. The minimum absolute atomic E-state index is 0.0586. The second-order valence-corrected chi connectivity index (χ2v) is 9.84. The Morgan fingerprint density at radius 3 is 2.94 bits per heavy atom. The Morgan fingerprint density at radius 1 is 1.31 bits per heavy atom. The van der Waals surface area contributed by atoms with E-state index in [4.69, 9.17) is 9.47 Å². The molecule has 6 nitrogen and oxygen atoms in total. The smallest absolute Gasteiger partial charge is 0.247 e. The summed E-state index contributed by atoms with van der Waals surface area (Å²) in [5.41, 5.74) is 0.996. The number of hydrogen-bond acceptors (Lipinski definition) is 5. The molecule has 0 bridgehead atoms. The van der Waals surface area contributed by atoms with Gasteiger partial charge in [0.2, 0.25) is 11.8 Å². The molecule has 2 aliphatic rings. The molecule has 2 aliphatic heterocycles. The van der Waals surface area contributed by atoms with Crippen LogP contribution in [0.3, 0.4) is 0 Å². The van der Waals surface area contributed by atoms with E-state index in [0.29, 0.717) is 39.3 Å². The van der Waals surface area contributed by atoms with Gasteiger partial charge in [-0.2, -0.15) is 0 Å². The monoisotopic (exact) mass is 454 g/mol. The molecule has 1 N–H and O–H groups in total. The van der Waals surface area contributed by atoms with Gasteiger partial charge in [-0.25, -0.2) is 0 Å². The van der Waals surface area contributed by atoms with Crippen LogP contribution in [-0.4, -0.2) is 49.1 Å². The van der Waals surface area contributed by atoms with Crippen LogP contribution in [0.4, 0.5) is 0 Å². The van der Waals surface area contributed by atoms with Crippen LogP contribution in [0.2, 0.25) is 0 Å². The molecule has 170 valence electrons. The lowest BCUT2D eigenvalue weighted by Gasteiger charge is -2.37. The topological polar surface area (TPSA) is 67.9 Å². The fraction of sp³-hybridized carbons (Fsp3) is 0.440. The van der Waals surface area contributed by atoms with Crippen molar-refractivity contribution in [3.05, 3.63) is 58.3 Å². The number of nitrogens with one attached hydrogen (secondary N) is 1. The number of nitrogens with zero attached hydrogens (tertiary/aromatic N) is 1. The highest BCUT2D eigenvalue weighted by molar-refractivity contribution is 7.10. The molecule has 7 heteroatoms. The summed E-state index contributed by atoms with van der Waals surface area (Å²) in [5, 5.41) is 4.93. The molecule has 2 saturated heterocycles. The Morgan fingerprint density at radius 2 is 2.19 bits per heavy atom. The Balaban J connectivity index is 1.50. The van der Waals surface area contributed by atoms with Crippen molar-refractivity contribution in [1.82, 2.24) is 10.2 Å². The Labute approximate surface area is 193 Å². The van der Waals surface area contributed by atoms with E-state index < -0.39 is 6.04 Å². The highest BCUT2D eigenvalue weighted by atomic mass is 32.1. The van der Waals surface area contributed by atoms with Gasteiger partial charge in [-0.15, -0.1) is 11.3 Å². The van der Waals surface area contributed by atoms with E-state index in [1.807, 2.05) is 47.9 Å². The molecule has 4 rings (SSSR count). The van der Waals surface area contributed by atoms with E-state index in [1.165, 1.54) is 0 Å². The maximum absolute atomic E-state index is 13.2. The van der Waals surface area contributed by atoms with E-state index in [-0.39, 0.29) is 17.2 Å². The van der Waals surface area contributed by atoms with Crippen LogP contribution < -0.4 is 10.1 Å². The molecule has 0 spiro atoms. The molecule has 0 saturated carbocycles. The van der Waals surface area contributed by atoms with Crippen LogP contribution >= 0.6 is 11.3 Å². The van der Waals surface area contributed by atoms with Crippen molar-refractivity contribution in [2.45, 2.75) is 38.8 Å². The number of carbonyl (C=O) groups is 2. The molecule has 1 atom stereocenters. The number of benzene rings is 1. The van der Waals surface area contributed by atoms with E-state index in [1.54, 1.807) is 22.3 Å². The summed E-state index contributed by atoms with van der Waals surface area (Å²) in [6.45, 7) is 5.17. The molecule has 3 heterocycles. The van der Waals surface area contributed by atoms with Gasteiger partial charge in [-0.1, -0.05) is 25.1 Å². The highest BCUT2D eigenvalue weighted by Crippen LogP contribution is 2.28. The number of carbonyl (C=O) groups excluding carboxylic acids is 2. The normalized spacial score (nSPS) is 20.3. The average molecular weight is 455 g/mol. The number of ether oxygens (including phenoxy) is 2. The second-order valence-electron chi connectivity index (χ2n) is 8.86. The minimum atomic E-state index is -0.478. The van der Waals surface area contributed by atoms with Gasteiger partial charge in [0.1, 0.15) is 11.8 Å². The lowest BCUT2D eigenvalue weighted by Crippen LogP contribution is -2.47. The fourth-order valence-electron chi connectivity index (χ4n) is 3.92. The van der Waals surface area contributed by atoms with Crippen molar-refractivity contribution in [3.8, 4) is 5.75 Å².